The van der Waals surface area contributed by atoms with Gasteiger partial charge in [-0.05, 0) is 31.0 Å². The van der Waals surface area contributed by atoms with Crippen molar-refractivity contribution in [2.75, 3.05) is 25.0 Å². The molecule has 0 atom stereocenters. The van der Waals surface area contributed by atoms with Crippen LogP contribution < -0.4 is 10.2 Å². The van der Waals surface area contributed by atoms with Crippen LogP contribution >= 0.6 is 0 Å². The number of hydrogen-bond acceptors (Lipinski definition) is 3. The van der Waals surface area contributed by atoms with Crippen molar-refractivity contribution in [2.45, 2.75) is 20.3 Å². The number of rotatable bonds is 6. The smallest absolute Gasteiger partial charge is 0.337 e. The van der Waals surface area contributed by atoms with Crippen LogP contribution in [0.5, 0.6) is 0 Å². The zero-order chi connectivity index (χ0) is 14.4. The average Bonchev–Trinajstić information content (AvgIpc) is 2.35. The van der Waals surface area contributed by atoms with Crippen molar-refractivity contribution in [1.82, 2.24) is 5.32 Å². The summed E-state index contributed by atoms with van der Waals surface area (Å²) < 4.78 is 0. The zero-order valence-corrected chi connectivity index (χ0v) is 11.6. The van der Waals surface area contributed by atoms with Gasteiger partial charge in [0.25, 0.3) is 0 Å². The number of aromatic carboxylic acids is 1. The van der Waals surface area contributed by atoms with Gasteiger partial charge in [-0.3, -0.25) is 4.79 Å². The molecule has 0 spiro atoms. The van der Waals surface area contributed by atoms with Gasteiger partial charge >= 0.3 is 5.97 Å². The Morgan fingerprint density at radius 3 is 2.63 bits per heavy atom. The van der Waals surface area contributed by atoms with Crippen molar-refractivity contribution in [3.05, 3.63) is 29.3 Å². The zero-order valence-electron chi connectivity index (χ0n) is 11.6. The molecule has 0 fully saturated rings. The van der Waals surface area contributed by atoms with Gasteiger partial charge in [0, 0.05) is 13.6 Å². The predicted octanol–water partition coefficient (Wildman–Crippen LogP) is 1.66. The van der Waals surface area contributed by atoms with E-state index >= 15 is 0 Å². The van der Waals surface area contributed by atoms with Crippen molar-refractivity contribution < 1.29 is 14.7 Å². The Hall–Kier alpha value is -2.04. The number of nitrogens with one attached hydrogen (secondary N) is 1. The maximum atomic E-state index is 11.7. The van der Waals surface area contributed by atoms with Crippen LogP contribution in [0.25, 0.3) is 0 Å². The standard InChI is InChI=1S/C14H20N2O3/c1-4-7-15-13(17)9-16(3)12-8-10(2)5-6-11(12)14(18)19/h5-6,8H,4,7,9H2,1-3H3,(H,15,17)(H,18,19). The maximum Gasteiger partial charge on any atom is 0.337 e. The first kappa shape index (κ1) is 15.0. The van der Waals surface area contributed by atoms with Crippen LogP contribution in [0.1, 0.15) is 29.3 Å². The maximum absolute atomic E-state index is 11.7. The highest BCUT2D eigenvalue weighted by Gasteiger charge is 2.15. The quantitative estimate of drug-likeness (QED) is 0.819. The van der Waals surface area contributed by atoms with Gasteiger partial charge in [-0.1, -0.05) is 13.0 Å². The molecule has 0 saturated carbocycles. The summed E-state index contributed by atoms with van der Waals surface area (Å²) in [7, 11) is 1.72. The summed E-state index contributed by atoms with van der Waals surface area (Å²) in [5.74, 6) is -1.10. The van der Waals surface area contributed by atoms with Gasteiger partial charge < -0.3 is 15.3 Å². The second-order valence-electron chi connectivity index (χ2n) is 4.53. The monoisotopic (exact) mass is 264 g/mol. The van der Waals surface area contributed by atoms with E-state index in [1.54, 1.807) is 30.1 Å². The van der Waals surface area contributed by atoms with Gasteiger partial charge in [-0.15, -0.1) is 0 Å². The highest BCUT2D eigenvalue weighted by molar-refractivity contribution is 5.95. The van der Waals surface area contributed by atoms with E-state index in [1.807, 2.05) is 13.8 Å². The number of carboxylic acid groups (broad SMARTS) is 1. The summed E-state index contributed by atoms with van der Waals surface area (Å²) in [6, 6.07) is 5.09. The number of hydrogen-bond donors (Lipinski definition) is 2. The Balaban J connectivity index is 2.86. The molecule has 5 nitrogen and oxygen atoms in total. The van der Waals surface area contributed by atoms with E-state index in [0.29, 0.717) is 12.2 Å². The minimum absolute atomic E-state index is 0.109. The molecular formula is C14H20N2O3. The third kappa shape index (κ3) is 4.28. The number of nitrogens with zero attached hydrogens (tertiary/aromatic N) is 1. The van der Waals surface area contributed by atoms with Crippen molar-refractivity contribution in [3.8, 4) is 0 Å². The Labute approximate surface area is 113 Å². The number of carbonyl (C=O) groups excluding carboxylic acids is 1. The Kier molecular flexibility index (Phi) is 5.36. The lowest BCUT2D eigenvalue weighted by Gasteiger charge is -2.21. The van der Waals surface area contributed by atoms with Crippen LogP contribution in [0.3, 0.4) is 0 Å². The van der Waals surface area contributed by atoms with Crippen molar-refractivity contribution in [3.63, 3.8) is 0 Å². The summed E-state index contributed by atoms with van der Waals surface area (Å²) in [6.45, 7) is 4.64. The summed E-state index contributed by atoms with van der Waals surface area (Å²) in [4.78, 5) is 24.5. The molecule has 0 radical (unpaired) electrons. The molecule has 0 bridgehead atoms. The van der Waals surface area contributed by atoms with Gasteiger partial charge in [0.05, 0.1) is 17.8 Å². The van der Waals surface area contributed by atoms with Crippen LogP contribution in [0, 0.1) is 6.92 Å². The highest BCUT2D eigenvalue weighted by Crippen LogP contribution is 2.21. The van der Waals surface area contributed by atoms with Crippen LogP contribution in [0.4, 0.5) is 5.69 Å². The lowest BCUT2D eigenvalue weighted by atomic mass is 10.1. The Morgan fingerprint density at radius 2 is 2.05 bits per heavy atom. The topological polar surface area (TPSA) is 69.6 Å². The Morgan fingerprint density at radius 1 is 1.37 bits per heavy atom. The minimum atomic E-state index is -0.990. The molecule has 19 heavy (non-hydrogen) atoms. The first-order valence-corrected chi connectivity index (χ1v) is 6.27. The van der Waals surface area contributed by atoms with Crippen molar-refractivity contribution in [1.29, 1.82) is 0 Å². The van der Waals surface area contributed by atoms with E-state index in [2.05, 4.69) is 5.32 Å². The normalized spacial score (nSPS) is 10.1. The fraction of sp³-hybridized carbons (Fsp3) is 0.429. The van der Waals surface area contributed by atoms with Crippen LogP contribution in [-0.2, 0) is 4.79 Å². The Bertz CT molecular complexity index is 472. The molecule has 0 aliphatic rings. The van der Waals surface area contributed by atoms with Gasteiger partial charge in [-0.25, -0.2) is 4.79 Å². The lowest BCUT2D eigenvalue weighted by Crippen LogP contribution is -2.36. The molecule has 0 aliphatic carbocycles. The van der Waals surface area contributed by atoms with Crippen LogP contribution in [-0.4, -0.2) is 37.1 Å². The SMILES string of the molecule is CCCNC(=O)CN(C)c1cc(C)ccc1C(=O)O. The van der Waals surface area contributed by atoms with Crippen molar-refractivity contribution >= 4 is 17.6 Å². The number of carbonyl (C=O) groups is 2. The number of benzene rings is 1. The molecule has 0 saturated heterocycles. The fourth-order valence-electron chi connectivity index (χ4n) is 1.76. The third-order valence-corrected chi connectivity index (χ3v) is 2.75. The van der Waals surface area contributed by atoms with E-state index in [9.17, 15) is 9.59 Å². The lowest BCUT2D eigenvalue weighted by molar-refractivity contribution is -0.119. The summed E-state index contributed by atoms with van der Waals surface area (Å²) in [5, 5.41) is 11.9. The number of aryl methyl sites for hydroxylation is 1. The fourth-order valence-corrected chi connectivity index (χ4v) is 1.76. The molecule has 0 unspecified atom stereocenters. The number of anilines is 1. The molecule has 5 heteroatoms. The highest BCUT2D eigenvalue weighted by atomic mass is 16.4. The molecule has 0 aliphatic heterocycles. The first-order valence-electron chi connectivity index (χ1n) is 6.27. The minimum Gasteiger partial charge on any atom is -0.478 e. The summed E-state index contributed by atoms with van der Waals surface area (Å²) in [6.07, 6.45) is 0.875. The van der Waals surface area contributed by atoms with E-state index in [1.165, 1.54) is 0 Å². The molecule has 2 N–H and O–H groups in total. The first-order chi connectivity index (χ1) is 8.95. The van der Waals surface area contributed by atoms with E-state index < -0.39 is 5.97 Å². The summed E-state index contributed by atoms with van der Waals surface area (Å²) in [5.41, 5.74) is 1.72. The molecule has 1 amide bonds. The van der Waals surface area contributed by atoms with E-state index in [0.717, 1.165) is 12.0 Å². The second-order valence-corrected chi connectivity index (χ2v) is 4.53. The molecule has 104 valence electrons. The average molecular weight is 264 g/mol. The van der Waals surface area contributed by atoms with Crippen molar-refractivity contribution in [2.24, 2.45) is 0 Å². The molecular weight excluding hydrogens is 244 g/mol. The van der Waals surface area contributed by atoms with E-state index in [4.69, 9.17) is 5.11 Å². The molecule has 0 heterocycles. The van der Waals surface area contributed by atoms with E-state index in [-0.39, 0.29) is 18.0 Å². The number of likely N-dealkylation sites (N-methyl/N-ethyl adjacent to an activating group) is 1. The second kappa shape index (κ2) is 6.78. The van der Waals surface area contributed by atoms with Crippen LogP contribution in [0.15, 0.2) is 18.2 Å². The number of amides is 1. The third-order valence-electron chi connectivity index (χ3n) is 2.75. The van der Waals surface area contributed by atoms with Gasteiger partial charge in [0.2, 0.25) is 5.91 Å². The van der Waals surface area contributed by atoms with Gasteiger partial charge in [-0.2, -0.15) is 0 Å². The molecule has 0 aromatic heterocycles. The van der Waals surface area contributed by atoms with Gasteiger partial charge in [0.15, 0.2) is 0 Å². The largest absolute Gasteiger partial charge is 0.478 e. The van der Waals surface area contributed by atoms with Gasteiger partial charge in [0.1, 0.15) is 0 Å². The molecule has 1 aromatic rings. The molecule has 1 rings (SSSR count). The summed E-state index contributed by atoms with van der Waals surface area (Å²) >= 11 is 0. The molecule has 1 aromatic carbocycles. The number of carboxylic acids is 1. The van der Waals surface area contributed by atoms with Crippen LogP contribution in [0.2, 0.25) is 0 Å². The predicted molar refractivity (Wildman–Crippen MR) is 74.7 cm³/mol.